The molecule has 0 saturated carbocycles. The van der Waals surface area contributed by atoms with Crippen LogP contribution in [0.4, 0.5) is 0 Å². The van der Waals surface area contributed by atoms with Crippen molar-refractivity contribution in [2.24, 2.45) is 5.73 Å². The van der Waals surface area contributed by atoms with Gasteiger partial charge in [-0.2, -0.15) is 0 Å². The summed E-state index contributed by atoms with van der Waals surface area (Å²) in [4.78, 5) is 16.6. The Morgan fingerprint density at radius 3 is 2.55 bits per heavy atom. The maximum absolute atomic E-state index is 12.0. The summed E-state index contributed by atoms with van der Waals surface area (Å²) in [5.74, 6) is -0.0769. The van der Waals surface area contributed by atoms with Gasteiger partial charge in [0.05, 0.1) is 16.2 Å². The zero-order valence-electron chi connectivity index (χ0n) is 13.2. The van der Waals surface area contributed by atoms with E-state index in [9.17, 15) is 4.79 Å². The van der Waals surface area contributed by atoms with E-state index in [1.807, 2.05) is 6.92 Å². The largest absolute Gasteiger partial charge is 0.354 e. The average Bonchev–Trinajstić information content (AvgIpc) is 2.77. The quantitative estimate of drug-likeness (QED) is 0.848. The van der Waals surface area contributed by atoms with E-state index in [4.69, 9.17) is 5.73 Å². The van der Waals surface area contributed by atoms with E-state index < -0.39 is 5.54 Å². The molecule has 0 aliphatic heterocycles. The number of carbonyl (C=O) groups is 1. The van der Waals surface area contributed by atoms with Crippen LogP contribution in [0.1, 0.15) is 58.2 Å². The lowest BCUT2D eigenvalue weighted by molar-refractivity contribution is -0.126. The normalized spacial score (nSPS) is 14.9. The third-order valence-corrected chi connectivity index (χ3v) is 4.14. The fraction of sp³-hybridized carbons (Fsp3) is 0.733. The van der Waals surface area contributed by atoms with E-state index >= 15 is 0 Å². The Balaban J connectivity index is 2.45. The van der Waals surface area contributed by atoms with Crippen molar-refractivity contribution in [3.63, 3.8) is 0 Å². The second-order valence-corrected chi connectivity index (χ2v) is 7.49. The van der Waals surface area contributed by atoms with Gasteiger partial charge in [0.15, 0.2) is 0 Å². The van der Waals surface area contributed by atoms with Crippen LogP contribution in [0.15, 0.2) is 5.38 Å². The van der Waals surface area contributed by atoms with E-state index in [-0.39, 0.29) is 11.3 Å². The standard InChI is InChI=1S/C15H27N3OS/c1-6-8-15(5,16)13(19)17-9-7-12-18-11(10-20-12)14(2,3)4/h10H,6-9,16H2,1-5H3,(H,17,19). The van der Waals surface area contributed by atoms with Crippen molar-refractivity contribution < 1.29 is 4.79 Å². The summed E-state index contributed by atoms with van der Waals surface area (Å²) >= 11 is 1.65. The predicted octanol–water partition coefficient (Wildman–Crippen LogP) is 2.62. The maximum atomic E-state index is 12.0. The van der Waals surface area contributed by atoms with E-state index in [0.717, 1.165) is 23.5 Å². The molecule has 0 spiro atoms. The first-order valence-corrected chi connectivity index (χ1v) is 8.07. The highest BCUT2D eigenvalue weighted by atomic mass is 32.1. The molecule has 1 aromatic rings. The van der Waals surface area contributed by atoms with Gasteiger partial charge in [-0.3, -0.25) is 4.79 Å². The molecule has 0 radical (unpaired) electrons. The molecule has 114 valence electrons. The molecule has 3 N–H and O–H groups in total. The number of nitrogens with zero attached hydrogens (tertiary/aromatic N) is 1. The molecule has 0 aliphatic carbocycles. The van der Waals surface area contributed by atoms with Crippen molar-refractivity contribution in [2.75, 3.05) is 6.54 Å². The monoisotopic (exact) mass is 297 g/mol. The molecule has 20 heavy (non-hydrogen) atoms. The van der Waals surface area contributed by atoms with E-state index in [1.54, 1.807) is 18.3 Å². The highest BCUT2D eigenvalue weighted by molar-refractivity contribution is 7.09. The van der Waals surface area contributed by atoms with Gasteiger partial charge < -0.3 is 11.1 Å². The molecule has 0 aromatic carbocycles. The molecule has 1 atom stereocenters. The third kappa shape index (κ3) is 4.87. The zero-order valence-corrected chi connectivity index (χ0v) is 14.1. The van der Waals surface area contributed by atoms with Gasteiger partial charge in [-0.25, -0.2) is 4.98 Å². The van der Waals surface area contributed by atoms with Crippen LogP contribution >= 0.6 is 11.3 Å². The van der Waals surface area contributed by atoms with Gasteiger partial charge in [0.2, 0.25) is 5.91 Å². The highest BCUT2D eigenvalue weighted by Gasteiger charge is 2.26. The van der Waals surface area contributed by atoms with Crippen LogP contribution in [0.2, 0.25) is 0 Å². The van der Waals surface area contributed by atoms with E-state index in [2.05, 4.69) is 36.5 Å². The van der Waals surface area contributed by atoms with Gasteiger partial charge in [-0.15, -0.1) is 11.3 Å². The van der Waals surface area contributed by atoms with Crippen molar-refractivity contribution >= 4 is 17.2 Å². The van der Waals surface area contributed by atoms with Gasteiger partial charge in [0.1, 0.15) is 0 Å². The first-order valence-electron chi connectivity index (χ1n) is 7.19. The lowest BCUT2D eigenvalue weighted by atomic mass is 9.93. The Morgan fingerprint density at radius 1 is 1.40 bits per heavy atom. The Kier molecular flexibility index (Phi) is 5.71. The summed E-state index contributed by atoms with van der Waals surface area (Å²) < 4.78 is 0. The van der Waals surface area contributed by atoms with E-state index in [0.29, 0.717) is 13.0 Å². The highest BCUT2D eigenvalue weighted by Crippen LogP contribution is 2.23. The van der Waals surface area contributed by atoms with Crippen LogP contribution in [-0.4, -0.2) is 23.0 Å². The lowest BCUT2D eigenvalue weighted by Gasteiger charge is -2.22. The molecule has 1 aromatic heterocycles. The van der Waals surface area contributed by atoms with Crippen LogP contribution in [0.25, 0.3) is 0 Å². The molecular formula is C15H27N3OS. The zero-order chi connectivity index (χ0) is 15.4. The van der Waals surface area contributed by atoms with Gasteiger partial charge in [0, 0.05) is 23.8 Å². The van der Waals surface area contributed by atoms with Crippen molar-refractivity contribution in [3.8, 4) is 0 Å². The summed E-state index contributed by atoms with van der Waals surface area (Å²) in [5.41, 5.74) is 6.40. The molecule has 0 aliphatic rings. The number of aromatic nitrogens is 1. The number of carbonyl (C=O) groups excluding carboxylic acids is 1. The Labute approximate surface area is 126 Å². The van der Waals surface area contributed by atoms with Crippen molar-refractivity contribution in [1.29, 1.82) is 0 Å². The molecular weight excluding hydrogens is 270 g/mol. The number of thiazole rings is 1. The third-order valence-electron chi connectivity index (χ3n) is 3.23. The van der Waals surface area contributed by atoms with Crippen LogP contribution < -0.4 is 11.1 Å². The van der Waals surface area contributed by atoms with Gasteiger partial charge in [-0.1, -0.05) is 34.1 Å². The number of hydrogen-bond acceptors (Lipinski definition) is 4. The molecule has 5 heteroatoms. The first-order chi connectivity index (χ1) is 9.16. The number of rotatable bonds is 6. The summed E-state index contributed by atoms with van der Waals surface area (Å²) in [6.07, 6.45) is 2.36. The smallest absolute Gasteiger partial charge is 0.239 e. The number of nitrogens with one attached hydrogen (secondary N) is 1. The lowest BCUT2D eigenvalue weighted by Crippen LogP contribution is -2.51. The summed E-state index contributed by atoms with van der Waals surface area (Å²) in [7, 11) is 0. The second kappa shape index (κ2) is 6.68. The van der Waals surface area contributed by atoms with Gasteiger partial charge >= 0.3 is 0 Å². The number of hydrogen-bond donors (Lipinski definition) is 2. The van der Waals surface area contributed by atoms with Crippen LogP contribution in [0.5, 0.6) is 0 Å². The fourth-order valence-electron chi connectivity index (χ4n) is 1.89. The van der Waals surface area contributed by atoms with E-state index in [1.165, 1.54) is 0 Å². The fourth-order valence-corrected chi connectivity index (χ4v) is 2.91. The minimum Gasteiger partial charge on any atom is -0.354 e. The van der Waals surface area contributed by atoms with Gasteiger partial charge in [-0.05, 0) is 13.3 Å². The number of amides is 1. The summed E-state index contributed by atoms with van der Waals surface area (Å²) in [6.45, 7) is 10.9. The second-order valence-electron chi connectivity index (χ2n) is 6.55. The Morgan fingerprint density at radius 2 is 2.05 bits per heavy atom. The van der Waals surface area contributed by atoms with Gasteiger partial charge in [0.25, 0.3) is 0 Å². The number of nitrogens with two attached hydrogens (primary N) is 1. The molecule has 1 amide bonds. The van der Waals surface area contributed by atoms with Crippen LogP contribution in [-0.2, 0) is 16.6 Å². The SMILES string of the molecule is CCCC(C)(N)C(=O)NCCc1nc(C(C)(C)C)cs1. The molecule has 1 rings (SSSR count). The molecule has 4 nitrogen and oxygen atoms in total. The molecule has 1 unspecified atom stereocenters. The summed E-state index contributed by atoms with van der Waals surface area (Å²) in [6, 6.07) is 0. The summed E-state index contributed by atoms with van der Waals surface area (Å²) in [5, 5.41) is 6.07. The Hall–Kier alpha value is -0.940. The maximum Gasteiger partial charge on any atom is 0.239 e. The van der Waals surface area contributed by atoms with Crippen molar-refractivity contribution in [3.05, 3.63) is 16.1 Å². The Bertz CT molecular complexity index is 446. The van der Waals surface area contributed by atoms with Crippen molar-refractivity contribution in [2.45, 2.75) is 64.8 Å². The average molecular weight is 297 g/mol. The molecule has 0 bridgehead atoms. The molecule has 0 fully saturated rings. The minimum atomic E-state index is -0.770. The molecule has 1 heterocycles. The first kappa shape index (κ1) is 17.1. The predicted molar refractivity (Wildman–Crippen MR) is 85.0 cm³/mol. The van der Waals surface area contributed by atoms with Crippen molar-refractivity contribution in [1.82, 2.24) is 10.3 Å². The van der Waals surface area contributed by atoms with Crippen LogP contribution in [0, 0.1) is 0 Å². The molecule has 0 saturated heterocycles. The minimum absolute atomic E-state index is 0.0769. The van der Waals surface area contributed by atoms with Crippen LogP contribution in [0.3, 0.4) is 0 Å². The topological polar surface area (TPSA) is 68.0 Å².